The van der Waals surface area contributed by atoms with Crippen molar-refractivity contribution in [3.8, 4) is 0 Å². The molecule has 3 heteroatoms. The molecule has 1 nitrogen and oxygen atoms in total. The molecular weight excluding hydrogens is 269 g/mol. The van der Waals surface area contributed by atoms with E-state index in [0.717, 1.165) is 17.0 Å². The molecule has 20 heavy (non-hydrogen) atoms. The third-order valence-corrected chi connectivity index (χ3v) is 4.32. The second kappa shape index (κ2) is 6.91. The van der Waals surface area contributed by atoms with Crippen LogP contribution >= 0.6 is 11.8 Å². The summed E-state index contributed by atoms with van der Waals surface area (Å²) in [6.07, 6.45) is 0. The van der Waals surface area contributed by atoms with Gasteiger partial charge < -0.3 is 5.32 Å². The first-order chi connectivity index (χ1) is 9.60. The normalized spacial score (nSPS) is 10.8. The predicted octanol–water partition coefficient (Wildman–Crippen LogP) is 4.70. The zero-order valence-corrected chi connectivity index (χ0v) is 13.0. The molecule has 0 spiro atoms. The first-order valence-corrected chi connectivity index (χ1v) is 7.66. The Kier molecular flexibility index (Phi) is 5.21. The molecule has 2 rings (SSSR count). The van der Waals surface area contributed by atoms with Gasteiger partial charge in [-0.05, 0) is 61.3 Å². The van der Waals surface area contributed by atoms with Gasteiger partial charge in [0.2, 0.25) is 0 Å². The maximum absolute atomic E-state index is 14.1. The Labute approximate surface area is 124 Å². The monoisotopic (exact) mass is 289 g/mol. The highest BCUT2D eigenvalue weighted by Crippen LogP contribution is 2.31. The van der Waals surface area contributed by atoms with Crippen LogP contribution in [-0.2, 0) is 6.54 Å². The number of aryl methyl sites for hydroxylation is 2. The largest absolute Gasteiger partial charge is 0.313 e. The maximum Gasteiger partial charge on any atom is 0.137 e. The molecule has 0 fully saturated rings. The van der Waals surface area contributed by atoms with Crippen molar-refractivity contribution >= 4 is 11.8 Å². The lowest BCUT2D eigenvalue weighted by Crippen LogP contribution is -2.11. The van der Waals surface area contributed by atoms with Crippen LogP contribution in [0, 0.1) is 19.7 Å². The highest BCUT2D eigenvalue weighted by atomic mass is 32.2. The van der Waals surface area contributed by atoms with Crippen LogP contribution in [0.1, 0.15) is 23.6 Å². The molecule has 0 bridgehead atoms. The second-order valence-corrected chi connectivity index (χ2v) is 6.01. The van der Waals surface area contributed by atoms with Gasteiger partial charge in [0.25, 0.3) is 0 Å². The van der Waals surface area contributed by atoms with E-state index in [4.69, 9.17) is 0 Å². The summed E-state index contributed by atoms with van der Waals surface area (Å²) in [7, 11) is 0. The summed E-state index contributed by atoms with van der Waals surface area (Å²) in [4.78, 5) is 1.75. The van der Waals surface area contributed by atoms with Gasteiger partial charge in [-0.1, -0.05) is 30.8 Å². The van der Waals surface area contributed by atoms with Crippen molar-refractivity contribution in [1.82, 2.24) is 5.32 Å². The molecule has 0 aromatic heterocycles. The molecule has 0 saturated heterocycles. The summed E-state index contributed by atoms with van der Waals surface area (Å²) in [5.74, 6) is -0.149. The third kappa shape index (κ3) is 3.84. The van der Waals surface area contributed by atoms with Crippen LogP contribution < -0.4 is 5.32 Å². The molecule has 0 radical (unpaired) electrons. The Morgan fingerprint density at radius 3 is 2.50 bits per heavy atom. The van der Waals surface area contributed by atoms with Crippen LogP contribution in [0.15, 0.2) is 46.2 Å². The standard InChI is InChI=1S/C17H20FNS/c1-4-19-11-14-6-8-17(16(18)10-14)20-15-7-5-12(2)13(3)9-15/h5-10,19H,4,11H2,1-3H3. The van der Waals surface area contributed by atoms with E-state index in [2.05, 4.69) is 31.3 Å². The molecule has 0 atom stereocenters. The number of nitrogens with one attached hydrogen (secondary N) is 1. The van der Waals surface area contributed by atoms with Gasteiger partial charge in [-0.15, -0.1) is 0 Å². The van der Waals surface area contributed by atoms with Crippen LogP contribution in [-0.4, -0.2) is 6.54 Å². The number of rotatable bonds is 5. The molecule has 0 amide bonds. The highest BCUT2D eigenvalue weighted by molar-refractivity contribution is 7.99. The Bertz CT molecular complexity index is 596. The lowest BCUT2D eigenvalue weighted by molar-refractivity contribution is 0.596. The summed E-state index contributed by atoms with van der Waals surface area (Å²) in [6, 6.07) is 11.7. The zero-order chi connectivity index (χ0) is 14.5. The molecule has 2 aromatic rings. The van der Waals surface area contributed by atoms with Crippen molar-refractivity contribution in [3.05, 3.63) is 58.9 Å². The Balaban J connectivity index is 2.14. The van der Waals surface area contributed by atoms with E-state index in [1.54, 1.807) is 6.07 Å². The van der Waals surface area contributed by atoms with Gasteiger partial charge in [-0.2, -0.15) is 0 Å². The van der Waals surface area contributed by atoms with E-state index >= 15 is 0 Å². The van der Waals surface area contributed by atoms with Crippen molar-refractivity contribution in [2.24, 2.45) is 0 Å². The average molecular weight is 289 g/mol. The van der Waals surface area contributed by atoms with Crippen LogP contribution in [0.5, 0.6) is 0 Å². The average Bonchev–Trinajstić information content (AvgIpc) is 2.43. The second-order valence-electron chi connectivity index (χ2n) is 4.89. The van der Waals surface area contributed by atoms with Crippen LogP contribution in [0.2, 0.25) is 0 Å². The van der Waals surface area contributed by atoms with Gasteiger partial charge >= 0.3 is 0 Å². The number of hydrogen-bond donors (Lipinski definition) is 1. The first-order valence-electron chi connectivity index (χ1n) is 6.84. The van der Waals surface area contributed by atoms with Gasteiger partial charge in [0.1, 0.15) is 5.82 Å². The van der Waals surface area contributed by atoms with Crippen molar-refractivity contribution in [2.75, 3.05) is 6.54 Å². The SMILES string of the molecule is CCNCc1ccc(Sc2ccc(C)c(C)c2)c(F)c1. The lowest BCUT2D eigenvalue weighted by atomic mass is 10.1. The first kappa shape index (κ1) is 15.1. The van der Waals surface area contributed by atoms with Crippen molar-refractivity contribution in [2.45, 2.75) is 37.1 Å². The highest BCUT2D eigenvalue weighted by Gasteiger charge is 2.06. The minimum Gasteiger partial charge on any atom is -0.313 e. The number of hydrogen-bond acceptors (Lipinski definition) is 2. The molecule has 2 aromatic carbocycles. The van der Waals surface area contributed by atoms with Gasteiger partial charge in [-0.3, -0.25) is 0 Å². The van der Waals surface area contributed by atoms with E-state index in [9.17, 15) is 4.39 Å². The molecule has 0 saturated carbocycles. The topological polar surface area (TPSA) is 12.0 Å². The molecule has 0 heterocycles. The molecule has 0 aliphatic rings. The van der Waals surface area contributed by atoms with Crippen LogP contribution in [0.3, 0.4) is 0 Å². The minimum atomic E-state index is -0.149. The van der Waals surface area contributed by atoms with Gasteiger partial charge in [0.15, 0.2) is 0 Å². The summed E-state index contributed by atoms with van der Waals surface area (Å²) in [5, 5.41) is 3.20. The van der Waals surface area contributed by atoms with Gasteiger partial charge in [0.05, 0.1) is 0 Å². The lowest BCUT2D eigenvalue weighted by Gasteiger charge is -2.08. The smallest absolute Gasteiger partial charge is 0.137 e. The minimum absolute atomic E-state index is 0.149. The van der Waals surface area contributed by atoms with E-state index in [-0.39, 0.29) is 5.82 Å². The summed E-state index contributed by atoms with van der Waals surface area (Å²) in [6.45, 7) is 7.80. The number of benzene rings is 2. The van der Waals surface area contributed by atoms with E-state index in [1.807, 2.05) is 25.1 Å². The molecule has 0 aliphatic carbocycles. The van der Waals surface area contributed by atoms with E-state index in [0.29, 0.717) is 11.4 Å². The van der Waals surface area contributed by atoms with E-state index in [1.165, 1.54) is 22.9 Å². The molecule has 106 valence electrons. The number of halogens is 1. The van der Waals surface area contributed by atoms with Crippen LogP contribution in [0.4, 0.5) is 4.39 Å². The maximum atomic E-state index is 14.1. The third-order valence-electron chi connectivity index (χ3n) is 3.28. The van der Waals surface area contributed by atoms with Crippen molar-refractivity contribution < 1.29 is 4.39 Å². The van der Waals surface area contributed by atoms with Crippen molar-refractivity contribution in [1.29, 1.82) is 0 Å². The Morgan fingerprint density at radius 1 is 1.05 bits per heavy atom. The van der Waals surface area contributed by atoms with Crippen molar-refractivity contribution in [3.63, 3.8) is 0 Å². The van der Waals surface area contributed by atoms with Gasteiger partial charge in [-0.25, -0.2) is 4.39 Å². The van der Waals surface area contributed by atoms with Crippen LogP contribution in [0.25, 0.3) is 0 Å². The molecule has 1 N–H and O–H groups in total. The quantitative estimate of drug-likeness (QED) is 0.856. The Morgan fingerprint density at radius 2 is 1.85 bits per heavy atom. The summed E-state index contributed by atoms with van der Waals surface area (Å²) < 4.78 is 14.1. The van der Waals surface area contributed by atoms with E-state index < -0.39 is 0 Å². The molecular formula is C17H20FNS. The summed E-state index contributed by atoms with van der Waals surface area (Å²) in [5.41, 5.74) is 3.48. The Hall–Kier alpha value is -1.32. The fourth-order valence-electron chi connectivity index (χ4n) is 1.91. The predicted molar refractivity (Wildman–Crippen MR) is 83.8 cm³/mol. The summed E-state index contributed by atoms with van der Waals surface area (Å²) >= 11 is 1.47. The fourth-order valence-corrected chi connectivity index (χ4v) is 2.83. The zero-order valence-electron chi connectivity index (χ0n) is 12.2. The fraction of sp³-hybridized carbons (Fsp3) is 0.294. The molecule has 0 unspecified atom stereocenters. The van der Waals surface area contributed by atoms with Gasteiger partial charge in [0, 0.05) is 16.3 Å². The molecule has 0 aliphatic heterocycles.